The molecule has 26 heavy (non-hydrogen) atoms. The van der Waals surface area contributed by atoms with E-state index in [1.54, 1.807) is 32.0 Å². The smallest absolute Gasteiger partial charge is 0.336 e. The number of ketones is 1. The van der Waals surface area contributed by atoms with Gasteiger partial charge in [0.1, 0.15) is 0 Å². The Kier molecular flexibility index (Phi) is 5.28. The Bertz CT molecular complexity index is 879. The number of rotatable bonds is 7. The summed E-state index contributed by atoms with van der Waals surface area (Å²) in [5.74, 6) is 0.454. The second kappa shape index (κ2) is 7.04. The van der Waals surface area contributed by atoms with Gasteiger partial charge in [-0.2, -0.15) is 0 Å². The monoisotopic (exact) mass is 441 g/mol. The van der Waals surface area contributed by atoms with Crippen molar-refractivity contribution in [3.63, 3.8) is 0 Å². The van der Waals surface area contributed by atoms with E-state index in [0.717, 1.165) is 12.8 Å². The van der Waals surface area contributed by atoms with Crippen LogP contribution in [0.5, 0.6) is 0 Å². The van der Waals surface area contributed by atoms with Gasteiger partial charge < -0.3 is 14.3 Å². The lowest BCUT2D eigenvalue weighted by Gasteiger charge is -2.35. The molecule has 2 N–H and O–H groups in total. The molecule has 0 bridgehead atoms. The zero-order valence-electron chi connectivity index (χ0n) is 14.6. The third-order valence-electron chi connectivity index (χ3n) is 5.24. The van der Waals surface area contributed by atoms with Crippen LogP contribution in [0.4, 0.5) is 0 Å². The van der Waals surface area contributed by atoms with Crippen LogP contribution in [0.1, 0.15) is 72.7 Å². The second-order valence-electron chi connectivity index (χ2n) is 6.65. The van der Waals surface area contributed by atoms with E-state index in [4.69, 9.17) is 4.52 Å². The molecule has 0 spiro atoms. The van der Waals surface area contributed by atoms with Gasteiger partial charge in [0.2, 0.25) is 0 Å². The summed E-state index contributed by atoms with van der Waals surface area (Å²) in [7, 11) is -4.54. The molecule has 1 heterocycles. The number of carbonyl (C=O) groups is 1. The van der Waals surface area contributed by atoms with Crippen LogP contribution in [0.15, 0.2) is 33.4 Å². The molecule has 1 saturated carbocycles. The minimum absolute atomic E-state index is 0.204. The maximum absolute atomic E-state index is 13.3. The first-order valence-corrected chi connectivity index (χ1v) is 11.0. The molecule has 3 rings (SSSR count). The molecule has 8 heteroatoms. The number of benzene rings is 1. The maximum atomic E-state index is 13.3. The number of nitrogens with zero attached hydrogens (tertiary/aromatic N) is 1. The van der Waals surface area contributed by atoms with Crippen molar-refractivity contribution >= 4 is 29.3 Å². The van der Waals surface area contributed by atoms with Crippen molar-refractivity contribution < 1.29 is 23.7 Å². The molecular formula is C18H21BrNO5P. The Labute approximate surface area is 160 Å². The fourth-order valence-corrected chi connectivity index (χ4v) is 5.81. The zero-order valence-corrected chi connectivity index (χ0v) is 17.1. The van der Waals surface area contributed by atoms with Crippen molar-refractivity contribution in [3.05, 3.63) is 51.3 Å². The highest BCUT2D eigenvalue weighted by Gasteiger charge is 2.48. The number of carbonyl (C=O) groups excluding carboxylic acids is 1. The highest BCUT2D eigenvalue weighted by atomic mass is 79.9. The van der Waals surface area contributed by atoms with Gasteiger partial charge in [0.25, 0.3) is 0 Å². The van der Waals surface area contributed by atoms with Crippen LogP contribution in [0.3, 0.4) is 0 Å². The summed E-state index contributed by atoms with van der Waals surface area (Å²) in [4.78, 5) is 33.6. The first-order valence-electron chi connectivity index (χ1n) is 8.60. The lowest BCUT2D eigenvalue weighted by molar-refractivity contribution is 0.103. The number of halogens is 1. The SMILES string of the molecule is CCC(CC)(c1c(Br)cccc1C(=O)c1cnoc1C1CC1)P(=O)(O)O. The number of hydrogen-bond acceptors (Lipinski definition) is 4. The standard InChI is InChI=1S/C18H21BrNO5P/c1-3-18(4-2,26(22,23)24)15-12(6-5-7-14(15)19)16(21)13-10-20-25-17(13)11-8-9-11/h5-7,10-11H,3-4,8-9H2,1-2H3,(H2,22,23,24). The van der Waals surface area contributed by atoms with Crippen molar-refractivity contribution in [2.24, 2.45) is 0 Å². The van der Waals surface area contributed by atoms with Crippen LogP contribution < -0.4 is 0 Å². The Hall–Kier alpha value is -1.27. The summed E-state index contributed by atoms with van der Waals surface area (Å²) in [6.45, 7) is 3.45. The molecule has 140 valence electrons. The van der Waals surface area contributed by atoms with E-state index in [1.165, 1.54) is 6.20 Å². The summed E-state index contributed by atoms with van der Waals surface area (Å²) in [5, 5.41) is 2.34. The van der Waals surface area contributed by atoms with Crippen LogP contribution in [0.2, 0.25) is 0 Å². The lowest BCUT2D eigenvalue weighted by atomic mass is 9.86. The van der Waals surface area contributed by atoms with E-state index in [1.807, 2.05) is 0 Å². The summed E-state index contributed by atoms with van der Waals surface area (Å²) < 4.78 is 18.2. The Morgan fingerprint density at radius 1 is 1.31 bits per heavy atom. The van der Waals surface area contributed by atoms with Crippen LogP contribution in [0.25, 0.3) is 0 Å². The molecule has 1 aromatic carbocycles. The van der Waals surface area contributed by atoms with Crippen LogP contribution in [-0.4, -0.2) is 20.7 Å². The van der Waals surface area contributed by atoms with Crippen molar-refractivity contribution in [1.82, 2.24) is 5.16 Å². The maximum Gasteiger partial charge on any atom is 0.336 e. The van der Waals surface area contributed by atoms with Gasteiger partial charge in [0.05, 0.1) is 16.9 Å². The van der Waals surface area contributed by atoms with E-state index < -0.39 is 12.8 Å². The lowest BCUT2D eigenvalue weighted by Crippen LogP contribution is -2.28. The third kappa shape index (κ3) is 3.11. The Morgan fingerprint density at radius 2 is 1.96 bits per heavy atom. The fraction of sp³-hybridized carbons (Fsp3) is 0.444. The minimum Gasteiger partial charge on any atom is -0.360 e. The predicted molar refractivity (Wildman–Crippen MR) is 100 cm³/mol. The molecule has 1 fully saturated rings. The van der Waals surface area contributed by atoms with Gasteiger partial charge >= 0.3 is 7.60 Å². The minimum atomic E-state index is -4.54. The van der Waals surface area contributed by atoms with Crippen molar-refractivity contribution in [3.8, 4) is 0 Å². The molecule has 6 nitrogen and oxygen atoms in total. The summed E-state index contributed by atoms with van der Waals surface area (Å²) in [6, 6.07) is 5.01. The quantitative estimate of drug-likeness (QED) is 0.475. The molecule has 0 unspecified atom stereocenters. The van der Waals surface area contributed by atoms with E-state index >= 15 is 0 Å². The Balaban J connectivity index is 2.21. The Morgan fingerprint density at radius 3 is 2.50 bits per heavy atom. The second-order valence-corrected chi connectivity index (χ2v) is 9.45. The van der Waals surface area contributed by atoms with Gasteiger partial charge in [0, 0.05) is 16.0 Å². The van der Waals surface area contributed by atoms with E-state index in [0.29, 0.717) is 21.4 Å². The van der Waals surface area contributed by atoms with Crippen LogP contribution in [0, 0.1) is 0 Å². The number of aromatic nitrogens is 1. The van der Waals surface area contributed by atoms with Crippen LogP contribution in [-0.2, 0) is 9.72 Å². The summed E-state index contributed by atoms with van der Waals surface area (Å²) >= 11 is 3.41. The zero-order chi connectivity index (χ0) is 19.1. The van der Waals surface area contributed by atoms with E-state index in [2.05, 4.69) is 21.1 Å². The first-order chi connectivity index (χ1) is 12.3. The third-order valence-corrected chi connectivity index (χ3v) is 7.87. The average molecular weight is 442 g/mol. The average Bonchev–Trinajstić information content (AvgIpc) is 3.32. The first kappa shape index (κ1) is 19.5. The van der Waals surface area contributed by atoms with Gasteiger partial charge in [-0.25, -0.2) is 0 Å². The van der Waals surface area contributed by atoms with E-state index in [9.17, 15) is 19.1 Å². The van der Waals surface area contributed by atoms with Crippen LogP contribution >= 0.6 is 23.5 Å². The molecule has 0 amide bonds. The van der Waals surface area contributed by atoms with Gasteiger partial charge in [0.15, 0.2) is 11.5 Å². The van der Waals surface area contributed by atoms with Gasteiger partial charge in [-0.3, -0.25) is 9.36 Å². The van der Waals surface area contributed by atoms with Crippen molar-refractivity contribution in [2.45, 2.75) is 50.6 Å². The topological polar surface area (TPSA) is 101 Å². The molecule has 0 radical (unpaired) electrons. The fourth-order valence-electron chi connectivity index (χ4n) is 3.55. The molecule has 2 aromatic rings. The van der Waals surface area contributed by atoms with Gasteiger partial charge in [-0.15, -0.1) is 0 Å². The molecule has 0 saturated heterocycles. The predicted octanol–water partition coefficient (Wildman–Crippen LogP) is 4.74. The molecule has 1 aliphatic carbocycles. The molecular weight excluding hydrogens is 421 g/mol. The summed E-state index contributed by atoms with van der Waals surface area (Å²) in [5.41, 5.74) is 1.00. The molecule has 0 aliphatic heterocycles. The normalized spacial score (nSPS) is 15.3. The van der Waals surface area contributed by atoms with Gasteiger partial charge in [-0.05, 0) is 37.3 Å². The largest absolute Gasteiger partial charge is 0.360 e. The molecule has 1 aromatic heterocycles. The van der Waals surface area contributed by atoms with Crippen molar-refractivity contribution in [1.29, 1.82) is 0 Å². The molecule has 1 aliphatic rings. The molecule has 0 atom stereocenters. The van der Waals surface area contributed by atoms with Crippen molar-refractivity contribution in [2.75, 3.05) is 0 Å². The number of hydrogen-bond donors (Lipinski definition) is 2. The summed E-state index contributed by atoms with van der Waals surface area (Å²) in [6.07, 6.45) is 3.72. The van der Waals surface area contributed by atoms with Gasteiger partial charge in [-0.1, -0.05) is 47.1 Å². The highest BCUT2D eigenvalue weighted by Crippen LogP contribution is 2.62. The highest BCUT2D eigenvalue weighted by molar-refractivity contribution is 9.10. The van der Waals surface area contributed by atoms with E-state index in [-0.39, 0.29) is 30.1 Å².